The maximum atomic E-state index is 11.4. The fraction of sp³-hybridized carbons (Fsp3) is 0. The van der Waals surface area contributed by atoms with Crippen molar-refractivity contribution in [1.29, 1.82) is 0 Å². The SMILES string of the molecule is O=C(N/N=C/c1ccco1)c1ccc(=O)[nH]n1. The lowest BCUT2D eigenvalue weighted by Crippen LogP contribution is -2.21. The van der Waals surface area contributed by atoms with Gasteiger partial charge < -0.3 is 4.42 Å². The summed E-state index contributed by atoms with van der Waals surface area (Å²) in [6.07, 6.45) is 2.84. The Balaban J connectivity index is 1.98. The highest BCUT2D eigenvalue weighted by Crippen LogP contribution is 1.94. The molecule has 0 saturated carbocycles. The molecular weight excluding hydrogens is 224 g/mol. The molecule has 2 rings (SSSR count). The van der Waals surface area contributed by atoms with Crippen molar-refractivity contribution in [3.05, 3.63) is 52.3 Å². The normalized spacial score (nSPS) is 10.6. The average Bonchev–Trinajstić information content (AvgIpc) is 2.83. The molecule has 7 heteroatoms. The van der Waals surface area contributed by atoms with Crippen molar-refractivity contribution in [2.75, 3.05) is 0 Å². The quantitative estimate of drug-likeness (QED) is 0.580. The molecular formula is C10H8N4O3. The van der Waals surface area contributed by atoms with Gasteiger partial charge in [0.25, 0.3) is 11.5 Å². The predicted molar refractivity (Wildman–Crippen MR) is 58.6 cm³/mol. The van der Waals surface area contributed by atoms with Crippen LogP contribution in [0.4, 0.5) is 0 Å². The van der Waals surface area contributed by atoms with E-state index in [-0.39, 0.29) is 11.3 Å². The minimum Gasteiger partial charge on any atom is -0.463 e. The van der Waals surface area contributed by atoms with Crippen molar-refractivity contribution in [3.8, 4) is 0 Å². The van der Waals surface area contributed by atoms with Crippen molar-refractivity contribution < 1.29 is 9.21 Å². The third kappa shape index (κ3) is 2.88. The molecule has 0 unspecified atom stereocenters. The average molecular weight is 232 g/mol. The summed E-state index contributed by atoms with van der Waals surface area (Å²) in [6, 6.07) is 5.90. The molecule has 1 amide bonds. The third-order valence-corrected chi connectivity index (χ3v) is 1.81. The van der Waals surface area contributed by atoms with Gasteiger partial charge in [0.05, 0.1) is 12.5 Å². The van der Waals surface area contributed by atoms with E-state index in [0.29, 0.717) is 5.76 Å². The molecule has 0 fully saturated rings. The second kappa shape index (κ2) is 4.88. The number of aromatic amines is 1. The number of aromatic nitrogens is 2. The number of nitrogens with zero attached hydrogens (tertiary/aromatic N) is 2. The summed E-state index contributed by atoms with van der Waals surface area (Å²) < 4.78 is 4.97. The second-order valence-corrected chi connectivity index (χ2v) is 3.02. The first-order valence-electron chi connectivity index (χ1n) is 4.68. The largest absolute Gasteiger partial charge is 0.463 e. The van der Waals surface area contributed by atoms with Gasteiger partial charge >= 0.3 is 0 Å². The molecule has 0 aliphatic heterocycles. The van der Waals surface area contributed by atoms with Crippen LogP contribution in [0.1, 0.15) is 16.2 Å². The van der Waals surface area contributed by atoms with Gasteiger partial charge in [-0.2, -0.15) is 10.2 Å². The summed E-state index contributed by atoms with van der Waals surface area (Å²) in [7, 11) is 0. The van der Waals surface area contributed by atoms with Crippen molar-refractivity contribution in [1.82, 2.24) is 15.6 Å². The van der Waals surface area contributed by atoms with Crippen LogP contribution in [-0.2, 0) is 0 Å². The zero-order chi connectivity index (χ0) is 12.1. The lowest BCUT2D eigenvalue weighted by Gasteiger charge is -1.96. The summed E-state index contributed by atoms with van der Waals surface area (Å²) >= 11 is 0. The van der Waals surface area contributed by atoms with E-state index in [2.05, 4.69) is 20.7 Å². The Hall–Kier alpha value is -2.70. The van der Waals surface area contributed by atoms with E-state index in [1.165, 1.54) is 24.6 Å². The van der Waals surface area contributed by atoms with Crippen LogP contribution in [0.2, 0.25) is 0 Å². The maximum absolute atomic E-state index is 11.4. The molecule has 86 valence electrons. The van der Waals surface area contributed by atoms with Crippen LogP contribution in [0.5, 0.6) is 0 Å². The van der Waals surface area contributed by atoms with Crippen molar-refractivity contribution in [3.63, 3.8) is 0 Å². The number of carbonyl (C=O) groups excluding carboxylic acids is 1. The van der Waals surface area contributed by atoms with Gasteiger partial charge in [-0.3, -0.25) is 9.59 Å². The fourth-order valence-electron chi connectivity index (χ4n) is 1.05. The van der Waals surface area contributed by atoms with Crippen molar-refractivity contribution >= 4 is 12.1 Å². The fourth-order valence-corrected chi connectivity index (χ4v) is 1.05. The van der Waals surface area contributed by atoms with Crippen molar-refractivity contribution in [2.45, 2.75) is 0 Å². The van der Waals surface area contributed by atoms with Crippen LogP contribution in [-0.4, -0.2) is 22.3 Å². The van der Waals surface area contributed by atoms with E-state index in [1.807, 2.05) is 0 Å². The Kier molecular flexibility index (Phi) is 3.10. The van der Waals surface area contributed by atoms with Gasteiger partial charge in [-0.1, -0.05) is 0 Å². The van der Waals surface area contributed by atoms with E-state index in [1.54, 1.807) is 12.1 Å². The van der Waals surface area contributed by atoms with E-state index in [4.69, 9.17) is 4.42 Å². The number of hydrazone groups is 1. The number of nitrogens with one attached hydrogen (secondary N) is 2. The van der Waals surface area contributed by atoms with Crippen LogP contribution in [0, 0.1) is 0 Å². The Morgan fingerprint density at radius 3 is 3.00 bits per heavy atom. The Bertz CT molecular complexity index is 565. The molecule has 0 aromatic carbocycles. The number of hydrogen-bond donors (Lipinski definition) is 2. The Morgan fingerprint density at radius 1 is 1.47 bits per heavy atom. The van der Waals surface area contributed by atoms with Gasteiger partial charge in [0.15, 0.2) is 5.69 Å². The molecule has 17 heavy (non-hydrogen) atoms. The summed E-state index contributed by atoms with van der Waals surface area (Å²) in [6.45, 7) is 0. The highest BCUT2D eigenvalue weighted by atomic mass is 16.3. The highest BCUT2D eigenvalue weighted by molar-refractivity contribution is 5.92. The molecule has 0 aliphatic carbocycles. The second-order valence-electron chi connectivity index (χ2n) is 3.02. The Labute approximate surface area is 95.2 Å². The summed E-state index contributed by atoms with van der Waals surface area (Å²) in [5, 5.41) is 9.36. The first-order chi connectivity index (χ1) is 8.25. The van der Waals surface area contributed by atoms with E-state index < -0.39 is 5.91 Å². The van der Waals surface area contributed by atoms with Gasteiger partial charge in [-0.05, 0) is 18.2 Å². The number of hydrogen-bond acceptors (Lipinski definition) is 5. The number of H-pyrrole nitrogens is 1. The molecule has 0 spiro atoms. The smallest absolute Gasteiger partial charge is 0.291 e. The van der Waals surface area contributed by atoms with E-state index in [9.17, 15) is 9.59 Å². The first-order valence-corrected chi connectivity index (χ1v) is 4.68. The molecule has 0 saturated heterocycles. The molecule has 0 atom stereocenters. The van der Waals surface area contributed by atoms with Crippen LogP contribution in [0.25, 0.3) is 0 Å². The van der Waals surface area contributed by atoms with Gasteiger partial charge in [-0.25, -0.2) is 10.5 Å². The maximum Gasteiger partial charge on any atom is 0.291 e. The summed E-state index contributed by atoms with van der Waals surface area (Å²) in [5.74, 6) is -0.0104. The lowest BCUT2D eigenvalue weighted by atomic mass is 10.4. The zero-order valence-electron chi connectivity index (χ0n) is 8.58. The van der Waals surface area contributed by atoms with Gasteiger partial charge in [0.2, 0.25) is 0 Å². The van der Waals surface area contributed by atoms with Gasteiger partial charge in [0, 0.05) is 6.07 Å². The third-order valence-electron chi connectivity index (χ3n) is 1.81. The standard InChI is InChI=1S/C10H8N4O3/c15-9-4-3-8(12-13-9)10(16)14-11-6-7-2-1-5-17-7/h1-6H,(H,13,15)(H,14,16)/b11-6+. The molecule has 2 aromatic rings. The number of amides is 1. The number of rotatable bonds is 3. The van der Waals surface area contributed by atoms with Crippen LogP contribution in [0.15, 0.2) is 44.8 Å². The molecule has 7 nitrogen and oxygen atoms in total. The monoisotopic (exact) mass is 232 g/mol. The summed E-state index contributed by atoms with van der Waals surface area (Å²) in [5.41, 5.74) is 1.94. The Morgan fingerprint density at radius 2 is 2.35 bits per heavy atom. The number of carbonyl (C=O) groups is 1. The van der Waals surface area contributed by atoms with Crippen LogP contribution < -0.4 is 11.0 Å². The van der Waals surface area contributed by atoms with Gasteiger partial charge in [-0.15, -0.1) is 0 Å². The van der Waals surface area contributed by atoms with Gasteiger partial charge in [0.1, 0.15) is 5.76 Å². The minimum absolute atomic E-state index is 0.0706. The van der Waals surface area contributed by atoms with E-state index >= 15 is 0 Å². The molecule has 0 radical (unpaired) electrons. The minimum atomic E-state index is -0.524. The predicted octanol–water partition coefficient (Wildman–Crippen LogP) is 0.127. The summed E-state index contributed by atoms with van der Waals surface area (Å²) in [4.78, 5) is 22.2. The zero-order valence-corrected chi connectivity index (χ0v) is 8.58. The molecule has 2 N–H and O–H groups in total. The van der Waals surface area contributed by atoms with Crippen LogP contribution >= 0.6 is 0 Å². The first kappa shape index (κ1) is 10.8. The topological polar surface area (TPSA) is 100 Å². The van der Waals surface area contributed by atoms with Crippen LogP contribution in [0.3, 0.4) is 0 Å². The van der Waals surface area contributed by atoms with Crippen molar-refractivity contribution in [2.24, 2.45) is 5.10 Å². The highest BCUT2D eigenvalue weighted by Gasteiger charge is 2.05. The lowest BCUT2D eigenvalue weighted by molar-refractivity contribution is 0.0949. The number of furan rings is 1. The molecule has 0 bridgehead atoms. The molecule has 2 aromatic heterocycles. The van der Waals surface area contributed by atoms with E-state index in [0.717, 1.165) is 0 Å². The molecule has 2 heterocycles. The molecule has 0 aliphatic rings.